The van der Waals surface area contributed by atoms with Gasteiger partial charge in [0.15, 0.2) is 6.42 Å². The lowest BCUT2D eigenvalue weighted by Crippen LogP contribution is -2.14. The van der Waals surface area contributed by atoms with E-state index >= 15 is 0 Å². The Bertz CT molecular complexity index is 525. The lowest BCUT2D eigenvalue weighted by molar-refractivity contribution is -0.149. The molecule has 0 saturated carbocycles. The minimum atomic E-state index is -0.711. The summed E-state index contributed by atoms with van der Waals surface area (Å²) in [6, 6.07) is 18.5. The minimum Gasteiger partial charge on any atom is -0.460 e. The molecule has 0 heterocycles. The molecular weight excluding hydrogens is 268 g/mol. The van der Waals surface area contributed by atoms with E-state index < -0.39 is 11.9 Å². The number of rotatable bonds is 6. The standard InChI is InChI=1S/C17H15O4/c18-16(20-12-14-7-3-1-4-8-14)11-17(19)21-13-15-9-5-2-6-10-15/h1-11H,12-13H2. The molecule has 0 aliphatic carbocycles. The summed E-state index contributed by atoms with van der Waals surface area (Å²) in [6.45, 7) is 0.254. The van der Waals surface area contributed by atoms with Crippen molar-refractivity contribution in [1.82, 2.24) is 0 Å². The maximum atomic E-state index is 11.5. The highest BCUT2D eigenvalue weighted by atomic mass is 16.6. The molecule has 0 spiro atoms. The van der Waals surface area contributed by atoms with Crippen LogP contribution in [0, 0.1) is 6.42 Å². The van der Waals surface area contributed by atoms with Crippen molar-refractivity contribution >= 4 is 11.9 Å². The second kappa shape index (κ2) is 7.85. The molecule has 1 radical (unpaired) electrons. The Hall–Kier alpha value is -2.62. The van der Waals surface area contributed by atoms with Crippen molar-refractivity contribution in [3.05, 3.63) is 78.2 Å². The summed E-state index contributed by atoms with van der Waals surface area (Å²) in [4.78, 5) is 22.9. The smallest absolute Gasteiger partial charge is 0.322 e. The Labute approximate surface area is 123 Å². The van der Waals surface area contributed by atoms with Gasteiger partial charge in [0.1, 0.15) is 13.2 Å². The molecule has 0 aliphatic rings. The molecule has 107 valence electrons. The Morgan fingerprint density at radius 3 is 1.48 bits per heavy atom. The van der Waals surface area contributed by atoms with E-state index in [0.717, 1.165) is 17.5 Å². The monoisotopic (exact) mass is 283 g/mol. The molecule has 21 heavy (non-hydrogen) atoms. The normalized spacial score (nSPS) is 9.90. The highest BCUT2D eigenvalue weighted by molar-refractivity contribution is 6.03. The average molecular weight is 283 g/mol. The van der Waals surface area contributed by atoms with Crippen molar-refractivity contribution in [3.63, 3.8) is 0 Å². The van der Waals surface area contributed by atoms with Gasteiger partial charge >= 0.3 is 11.9 Å². The second-order valence-corrected chi connectivity index (χ2v) is 4.33. The van der Waals surface area contributed by atoms with Gasteiger partial charge in [0.2, 0.25) is 0 Å². The van der Waals surface area contributed by atoms with Crippen LogP contribution in [0.5, 0.6) is 0 Å². The molecule has 0 fully saturated rings. The zero-order valence-corrected chi connectivity index (χ0v) is 11.4. The lowest BCUT2D eigenvalue weighted by atomic mass is 10.2. The van der Waals surface area contributed by atoms with Crippen LogP contribution in [0.3, 0.4) is 0 Å². The third-order valence-corrected chi connectivity index (χ3v) is 2.68. The maximum Gasteiger partial charge on any atom is 0.322 e. The summed E-state index contributed by atoms with van der Waals surface area (Å²) in [7, 11) is 0. The molecule has 0 bridgehead atoms. The van der Waals surface area contributed by atoms with Crippen LogP contribution < -0.4 is 0 Å². The predicted octanol–water partition coefficient (Wildman–Crippen LogP) is 2.68. The number of carbonyl (C=O) groups excluding carboxylic acids is 2. The molecule has 0 saturated heterocycles. The molecule has 0 unspecified atom stereocenters. The molecule has 0 atom stereocenters. The molecule has 0 aliphatic heterocycles. The number of esters is 2. The zero-order valence-electron chi connectivity index (χ0n) is 11.4. The first-order chi connectivity index (χ1) is 10.2. The van der Waals surface area contributed by atoms with Crippen LogP contribution in [0.25, 0.3) is 0 Å². The predicted molar refractivity (Wildman–Crippen MR) is 76.8 cm³/mol. The Morgan fingerprint density at radius 2 is 1.10 bits per heavy atom. The fourth-order valence-electron chi connectivity index (χ4n) is 1.64. The maximum absolute atomic E-state index is 11.5. The van der Waals surface area contributed by atoms with Gasteiger partial charge in [-0.25, -0.2) is 0 Å². The number of carbonyl (C=O) groups is 2. The van der Waals surface area contributed by atoms with Crippen LogP contribution in [0.15, 0.2) is 60.7 Å². The van der Waals surface area contributed by atoms with Gasteiger partial charge in [-0.2, -0.15) is 0 Å². The summed E-state index contributed by atoms with van der Waals surface area (Å²) in [5, 5.41) is 0. The highest BCUT2D eigenvalue weighted by Crippen LogP contribution is 2.04. The van der Waals surface area contributed by atoms with Crippen LogP contribution >= 0.6 is 0 Å². The van der Waals surface area contributed by atoms with Gasteiger partial charge in [0.05, 0.1) is 0 Å². The van der Waals surface area contributed by atoms with E-state index in [4.69, 9.17) is 9.47 Å². The van der Waals surface area contributed by atoms with E-state index in [1.54, 1.807) is 0 Å². The quantitative estimate of drug-likeness (QED) is 0.604. The van der Waals surface area contributed by atoms with Crippen molar-refractivity contribution in [2.45, 2.75) is 13.2 Å². The third kappa shape index (κ3) is 5.48. The van der Waals surface area contributed by atoms with Crippen LogP contribution in [0.2, 0.25) is 0 Å². The van der Waals surface area contributed by atoms with E-state index in [-0.39, 0.29) is 13.2 Å². The third-order valence-electron chi connectivity index (χ3n) is 2.68. The number of hydrogen-bond donors (Lipinski definition) is 0. The largest absolute Gasteiger partial charge is 0.460 e. The molecular formula is C17H15O4. The summed E-state index contributed by atoms with van der Waals surface area (Å²) in [6.07, 6.45) is 0.811. The van der Waals surface area contributed by atoms with E-state index in [2.05, 4.69) is 0 Å². The average Bonchev–Trinajstić information content (AvgIpc) is 2.53. The topological polar surface area (TPSA) is 52.6 Å². The van der Waals surface area contributed by atoms with Crippen LogP contribution in [-0.2, 0) is 32.3 Å². The fourth-order valence-corrected chi connectivity index (χ4v) is 1.64. The van der Waals surface area contributed by atoms with Crippen molar-refractivity contribution in [2.75, 3.05) is 0 Å². The molecule has 0 amide bonds. The van der Waals surface area contributed by atoms with E-state index in [9.17, 15) is 9.59 Å². The van der Waals surface area contributed by atoms with Gasteiger partial charge in [-0.1, -0.05) is 60.7 Å². The van der Waals surface area contributed by atoms with Crippen LogP contribution in [0.4, 0.5) is 0 Å². The first-order valence-electron chi connectivity index (χ1n) is 6.50. The van der Waals surface area contributed by atoms with Gasteiger partial charge < -0.3 is 9.47 Å². The van der Waals surface area contributed by atoms with Crippen molar-refractivity contribution < 1.29 is 19.1 Å². The Morgan fingerprint density at radius 1 is 0.714 bits per heavy atom. The second-order valence-electron chi connectivity index (χ2n) is 4.33. The van der Waals surface area contributed by atoms with Gasteiger partial charge in [-0.15, -0.1) is 0 Å². The molecule has 4 nitrogen and oxygen atoms in total. The SMILES string of the molecule is O=C([CH]C(=O)OCc1ccccc1)OCc1ccccc1. The van der Waals surface area contributed by atoms with Crippen molar-refractivity contribution in [3.8, 4) is 0 Å². The van der Waals surface area contributed by atoms with Crippen LogP contribution in [-0.4, -0.2) is 11.9 Å². The zero-order chi connectivity index (χ0) is 14.9. The minimum absolute atomic E-state index is 0.127. The van der Waals surface area contributed by atoms with Gasteiger partial charge in [-0.05, 0) is 11.1 Å². The number of benzene rings is 2. The van der Waals surface area contributed by atoms with Crippen molar-refractivity contribution in [2.24, 2.45) is 0 Å². The Kier molecular flexibility index (Phi) is 5.52. The van der Waals surface area contributed by atoms with E-state index in [1.807, 2.05) is 60.7 Å². The first kappa shape index (κ1) is 14.8. The molecule has 2 aromatic carbocycles. The fraction of sp³-hybridized carbons (Fsp3) is 0.118. The molecule has 2 aromatic rings. The summed E-state index contributed by atoms with van der Waals surface area (Å²) in [5.74, 6) is -1.42. The molecule has 0 aromatic heterocycles. The molecule has 0 N–H and O–H groups in total. The summed E-state index contributed by atoms with van der Waals surface area (Å²) in [5.41, 5.74) is 1.72. The number of hydrogen-bond acceptors (Lipinski definition) is 4. The first-order valence-corrected chi connectivity index (χ1v) is 6.50. The highest BCUT2D eigenvalue weighted by Gasteiger charge is 2.13. The van der Waals surface area contributed by atoms with E-state index in [0.29, 0.717) is 0 Å². The van der Waals surface area contributed by atoms with Crippen molar-refractivity contribution in [1.29, 1.82) is 0 Å². The summed E-state index contributed by atoms with van der Waals surface area (Å²) >= 11 is 0. The molecule has 4 heteroatoms. The Balaban J connectivity index is 1.69. The lowest BCUT2D eigenvalue weighted by Gasteiger charge is -2.05. The molecule has 2 rings (SSSR count). The summed E-state index contributed by atoms with van der Waals surface area (Å²) < 4.78 is 9.91. The van der Waals surface area contributed by atoms with Gasteiger partial charge in [0, 0.05) is 0 Å². The van der Waals surface area contributed by atoms with Gasteiger partial charge in [0.25, 0.3) is 0 Å². The van der Waals surface area contributed by atoms with E-state index in [1.165, 1.54) is 0 Å². The van der Waals surface area contributed by atoms with Crippen LogP contribution in [0.1, 0.15) is 11.1 Å². The van der Waals surface area contributed by atoms with Gasteiger partial charge in [-0.3, -0.25) is 9.59 Å². The number of ether oxygens (including phenoxy) is 2.